The number of anilines is 2. The Morgan fingerprint density at radius 3 is 2.71 bits per heavy atom. The van der Waals surface area contributed by atoms with E-state index in [1.54, 1.807) is 0 Å². The first-order chi connectivity index (χ1) is 20.0. The van der Waals surface area contributed by atoms with Crippen LogP contribution in [0.4, 0.5) is 10.9 Å². The molecular formula is C29H33N9O2S. The van der Waals surface area contributed by atoms with Gasteiger partial charge >= 0.3 is 0 Å². The van der Waals surface area contributed by atoms with Crippen LogP contribution in [0.2, 0.25) is 0 Å². The van der Waals surface area contributed by atoms with E-state index in [1.807, 2.05) is 23.0 Å². The molecule has 0 radical (unpaired) electrons. The van der Waals surface area contributed by atoms with Gasteiger partial charge in [-0.15, -0.1) is 15.3 Å². The van der Waals surface area contributed by atoms with Gasteiger partial charge < -0.3 is 10.6 Å². The SMILES string of the molecule is CC(=O)Nc1nnc(CCCCc2nnc(NC(=O)Cc3cc4n(n3)CCCC4)s2)cc1-c1cc(C2CC2)ccn1. The average molecular weight is 572 g/mol. The Morgan fingerprint density at radius 2 is 1.88 bits per heavy atom. The van der Waals surface area contributed by atoms with Gasteiger partial charge in [0.05, 0.1) is 23.5 Å². The number of nitrogens with one attached hydrogen (secondary N) is 2. The van der Waals surface area contributed by atoms with Crippen LogP contribution in [0.25, 0.3) is 11.3 Å². The molecule has 0 atom stereocenters. The normalized spacial score (nSPS) is 14.5. The number of carbonyl (C=O) groups excluding carboxylic acids is 2. The van der Waals surface area contributed by atoms with E-state index in [0.29, 0.717) is 16.9 Å². The van der Waals surface area contributed by atoms with Gasteiger partial charge in [0.2, 0.25) is 16.9 Å². The maximum Gasteiger partial charge on any atom is 0.232 e. The number of hydrogen-bond acceptors (Lipinski definition) is 9. The fraction of sp³-hybridized carbons (Fsp3) is 0.448. The fourth-order valence-electron chi connectivity index (χ4n) is 5.15. The molecule has 212 valence electrons. The summed E-state index contributed by atoms with van der Waals surface area (Å²) in [6.45, 7) is 2.39. The summed E-state index contributed by atoms with van der Waals surface area (Å²) >= 11 is 1.41. The van der Waals surface area contributed by atoms with E-state index in [0.717, 1.165) is 72.7 Å². The number of unbranched alkanes of at least 4 members (excludes halogenated alkanes) is 1. The second-order valence-corrected chi connectivity index (χ2v) is 11.8. The zero-order chi connectivity index (χ0) is 28.2. The number of fused-ring (bicyclic) bond motifs is 1. The molecule has 0 bridgehead atoms. The van der Waals surface area contributed by atoms with Crippen molar-refractivity contribution in [1.82, 2.24) is 35.2 Å². The summed E-state index contributed by atoms with van der Waals surface area (Å²) in [7, 11) is 0. The smallest absolute Gasteiger partial charge is 0.232 e. The van der Waals surface area contributed by atoms with E-state index in [2.05, 4.69) is 53.2 Å². The third-order valence-corrected chi connectivity index (χ3v) is 8.24. The predicted molar refractivity (Wildman–Crippen MR) is 156 cm³/mol. The molecule has 0 saturated heterocycles. The van der Waals surface area contributed by atoms with Crippen LogP contribution in [0.15, 0.2) is 30.5 Å². The minimum Gasteiger partial charge on any atom is -0.309 e. The molecule has 0 unspecified atom stereocenters. The van der Waals surface area contributed by atoms with Gasteiger partial charge in [-0.2, -0.15) is 10.2 Å². The van der Waals surface area contributed by atoms with Crippen LogP contribution in [-0.2, 0) is 41.8 Å². The third-order valence-electron chi connectivity index (χ3n) is 7.34. The Kier molecular flexibility index (Phi) is 8.08. The summed E-state index contributed by atoms with van der Waals surface area (Å²) in [4.78, 5) is 28.8. The van der Waals surface area contributed by atoms with Gasteiger partial charge in [0.25, 0.3) is 0 Å². The van der Waals surface area contributed by atoms with Gasteiger partial charge in [0.1, 0.15) is 5.01 Å². The number of nitrogens with zero attached hydrogens (tertiary/aromatic N) is 7. The van der Waals surface area contributed by atoms with Crippen LogP contribution in [0, 0.1) is 0 Å². The van der Waals surface area contributed by atoms with Crippen LogP contribution in [0.5, 0.6) is 0 Å². The first kappa shape index (κ1) is 27.1. The molecule has 2 aliphatic rings. The molecule has 5 heterocycles. The molecule has 1 fully saturated rings. The fourth-order valence-corrected chi connectivity index (χ4v) is 5.95. The molecule has 4 aromatic heterocycles. The van der Waals surface area contributed by atoms with Crippen molar-refractivity contribution < 1.29 is 9.59 Å². The second kappa shape index (κ2) is 12.2. The van der Waals surface area contributed by atoms with Crippen LogP contribution < -0.4 is 10.6 Å². The quantitative estimate of drug-likeness (QED) is 0.251. The van der Waals surface area contributed by atoms with Crippen molar-refractivity contribution in [3.63, 3.8) is 0 Å². The zero-order valence-corrected chi connectivity index (χ0v) is 23.9. The van der Waals surface area contributed by atoms with Gasteiger partial charge in [0.15, 0.2) is 5.82 Å². The van der Waals surface area contributed by atoms with Crippen molar-refractivity contribution in [2.24, 2.45) is 0 Å². The van der Waals surface area contributed by atoms with Crippen molar-refractivity contribution in [2.45, 2.75) is 83.6 Å². The molecule has 4 aromatic rings. The van der Waals surface area contributed by atoms with Crippen molar-refractivity contribution in [3.05, 3.63) is 58.1 Å². The summed E-state index contributed by atoms with van der Waals surface area (Å²) in [5.74, 6) is 0.709. The van der Waals surface area contributed by atoms with E-state index in [1.165, 1.54) is 48.8 Å². The van der Waals surface area contributed by atoms with Crippen LogP contribution >= 0.6 is 11.3 Å². The van der Waals surface area contributed by atoms with E-state index < -0.39 is 0 Å². The van der Waals surface area contributed by atoms with Gasteiger partial charge in [-0.3, -0.25) is 19.3 Å². The summed E-state index contributed by atoms with van der Waals surface area (Å²) in [5.41, 5.74) is 5.71. The minimum absolute atomic E-state index is 0.127. The Bertz CT molecular complexity index is 1540. The molecule has 41 heavy (non-hydrogen) atoms. The highest BCUT2D eigenvalue weighted by Gasteiger charge is 2.24. The van der Waals surface area contributed by atoms with Crippen molar-refractivity contribution >= 4 is 34.1 Å². The number of amides is 2. The lowest BCUT2D eigenvalue weighted by Crippen LogP contribution is -2.15. The molecule has 12 heteroatoms. The molecule has 2 N–H and O–H groups in total. The number of hydrogen-bond donors (Lipinski definition) is 2. The maximum atomic E-state index is 12.5. The first-order valence-corrected chi connectivity index (χ1v) is 15.1. The van der Waals surface area contributed by atoms with E-state index in [4.69, 9.17) is 0 Å². The van der Waals surface area contributed by atoms with Crippen LogP contribution in [-0.4, -0.2) is 47.0 Å². The predicted octanol–water partition coefficient (Wildman–Crippen LogP) is 4.51. The lowest BCUT2D eigenvalue weighted by Gasteiger charge is -2.11. The molecule has 1 aliphatic heterocycles. The van der Waals surface area contributed by atoms with Crippen molar-refractivity contribution in [2.75, 3.05) is 10.6 Å². The Labute approximate surface area is 242 Å². The molecule has 11 nitrogen and oxygen atoms in total. The van der Waals surface area contributed by atoms with Crippen molar-refractivity contribution in [3.8, 4) is 11.3 Å². The standard InChI is InChI=1S/C29H33N9O2S/c1-18(39)31-28-24(25-14-20(11-12-30-25)19-9-10-19)16-21(33-35-28)6-2-3-8-27-34-36-29(41-27)32-26(40)17-22-15-23-7-4-5-13-38(23)37-22/h11-12,14-16,19H,2-10,13,17H2,1H3,(H,31,35,39)(H,32,36,40). The van der Waals surface area contributed by atoms with E-state index in [-0.39, 0.29) is 18.2 Å². The van der Waals surface area contributed by atoms with E-state index in [9.17, 15) is 9.59 Å². The lowest BCUT2D eigenvalue weighted by molar-refractivity contribution is -0.116. The lowest BCUT2D eigenvalue weighted by atomic mass is 10.1. The molecule has 1 saturated carbocycles. The van der Waals surface area contributed by atoms with Gasteiger partial charge in [-0.25, -0.2) is 0 Å². The topological polar surface area (TPSA) is 140 Å². The van der Waals surface area contributed by atoms with E-state index >= 15 is 0 Å². The Hall–Kier alpha value is -4.06. The maximum absolute atomic E-state index is 12.5. The molecular weight excluding hydrogens is 538 g/mol. The van der Waals surface area contributed by atoms with Gasteiger partial charge in [0, 0.05) is 37.3 Å². The molecule has 0 aromatic carbocycles. The van der Waals surface area contributed by atoms with Crippen LogP contribution in [0.1, 0.15) is 79.0 Å². The summed E-state index contributed by atoms with van der Waals surface area (Å²) < 4.78 is 2.02. The highest BCUT2D eigenvalue weighted by atomic mass is 32.1. The monoisotopic (exact) mass is 571 g/mol. The average Bonchev–Trinajstić information content (AvgIpc) is 3.60. The minimum atomic E-state index is -0.195. The largest absolute Gasteiger partial charge is 0.309 e. The zero-order valence-electron chi connectivity index (χ0n) is 23.1. The van der Waals surface area contributed by atoms with Crippen molar-refractivity contribution in [1.29, 1.82) is 0 Å². The summed E-state index contributed by atoms with van der Waals surface area (Å²) in [5, 5.41) is 28.7. The number of aryl methyl sites for hydroxylation is 4. The second-order valence-electron chi connectivity index (χ2n) is 10.8. The van der Waals surface area contributed by atoms with Gasteiger partial charge in [-0.1, -0.05) is 11.3 Å². The Balaban J connectivity index is 1.01. The first-order valence-electron chi connectivity index (χ1n) is 14.3. The number of pyridine rings is 1. The summed E-state index contributed by atoms with van der Waals surface area (Å²) in [6, 6.07) is 8.17. The Morgan fingerprint density at radius 1 is 1.00 bits per heavy atom. The molecule has 2 amide bonds. The third kappa shape index (κ3) is 6.99. The molecule has 1 aliphatic carbocycles. The highest BCUT2D eigenvalue weighted by Crippen LogP contribution is 2.41. The summed E-state index contributed by atoms with van der Waals surface area (Å²) in [6.07, 6.45) is 11.1. The highest BCUT2D eigenvalue weighted by molar-refractivity contribution is 7.15. The van der Waals surface area contributed by atoms with Gasteiger partial charge in [-0.05, 0) is 87.1 Å². The number of rotatable bonds is 11. The van der Waals surface area contributed by atoms with Crippen LogP contribution in [0.3, 0.4) is 0 Å². The molecule has 6 rings (SSSR count). The number of carbonyl (C=O) groups is 2. The molecule has 0 spiro atoms. The number of aromatic nitrogens is 7.